The van der Waals surface area contributed by atoms with Crippen LogP contribution in [-0.2, 0) is 10.0 Å². The second-order valence-electron chi connectivity index (χ2n) is 4.07. The van der Waals surface area contributed by atoms with Crippen molar-refractivity contribution in [2.75, 3.05) is 24.3 Å². The van der Waals surface area contributed by atoms with Gasteiger partial charge in [-0.2, -0.15) is 11.8 Å². The molecule has 0 aliphatic heterocycles. The Bertz CT molecular complexity index is 487. The van der Waals surface area contributed by atoms with Gasteiger partial charge in [-0.3, -0.25) is 0 Å². The van der Waals surface area contributed by atoms with E-state index in [0.29, 0.717) is 17.8 Å². The van der Waals surface area contributed by atoms with Gasteiger partial charge in [0.25, 0.3) is 0 Å². The van der Waals surface area contributed by atoms with Gasteiger partial charge < -0.3 is 5.73 Å². The molecule has 1 aromatic rings. The number of hydrogen-bond donors (Lipinski definition) is 2. The van der Waals surface area contributed by atoms with Crippen LogP contribution in [0.4, 0.5) is 5.69 Å². The molecule has 6 heteroatoms. The molecule has 0 bridgehead atoms. The van der Waals surface area contributed by atoms with Crippen LogP contribution < -0.4 is 10.5 Å². The van der Waals surface area contributed by atoms with Gasteiger partial charge in [0.05, 0.1) is 4.90 Å². The van der Waals surface area contributed by atoms with Crippen molar-refractivity contribution in [1.29, 1.82) is 0 Å². The van der Waals surface area contributed by atoms with E-state index in [-0.39, 0.29) is 4.90 Å². The number of anilines is 1. The number of unbranched alkanes of at least 4 members (excludes halogenated alkanes) is 1. The summed E-state index contributed by atoms with van der Waals surface area (Å²) in [4.78, 5) is 0.271. The number of nitrogens with one attached hydrogen (secondary N) is 1. The van der Waals surface area contributed by atoms with E-state index in [1.807, 2.05) is 6.26 Å². The van der Waals surface area contributed by atoms with Crippen molar-refractivity contribution in [3.05, 3.63) is 23.8 Å². The standard InChI is InChI=1S/C12H20N2O2S2/c1-10-11(13)6-5-7-12(10)18(15,16)14-8-3-4-9-17-2/h5-7,14H,3-4,8-9,13H2,1-2H3. The Hall–Kier alpha value is -0.720. The molecule has 4 nitrogen and oxygen atoms in total. The quantitative estimate of drug-likeness (QED) is 0.594. The molecule has 0 amide bonds. The predicted molar refractivity (Wildman–Crippen MR) is 78.4 cm³/mol. The average molecular weight is 288 g/mol. The molecular weight excluding hydrogens is 268 g/mol. The lowest BCUT2D eigenvalue weighted by molar-refractivity contribution is 0.578. The minimum Gasteiger partial charge on any atom is -0.398 e. The van der Waals surface area contributed by atoms with Gasteiger partial charge in [-0.1, -0.05) is 6.07 Å². The van der Waals surface area contributed by atoms with E-state index in [2.05, 4.69) is 4.72 Å². The normalized spacial score (nSPS) is 11.7. The minimum absolute atomic E-state index is 0.271. The summed E-state index contributed by atoms with van der Waals surface area (Å²) < 4.78 is 26.7. The average Bonchev–Trinajstić information content (AvgIpc) is 2.32. The molecular formula is C12H20N2O2S2. The van der Waals surface area contributed by atoms with Crippen LogP contribution in [0.1, 0.15) is 18.4 Å². The maximum absolute atomic E-state index is 12.1. The SMILES string of the molecule is CSCCCCNS(=O)(=O)c1cccc(N)c1C. The molecule has 0 heterocycles. The third-order valence-electron chi connectivity index (χ3n) is 2.68. The van der Waals surface area contributed by atoms with Gasteiger partial charge in [-0.15, -0.1) is 0 Å². The molecule has 1 aromatic carbocycles. The summed E-state index contributed by atoms with van der Waals surface area (Å²) in [6.45, 7) is 2.19. The second kappa shape index (κ2) is 7.01. The lowest BCUT2D eigenvalue weighted by Gasteiger charge is -2.10. The number of sulfonamides is 1. The first kappa shape index (κ1) is 15.3. The Morgan fingerprint density at radius 2 is 2.06 bits per heavy atom. The first-order chi connectivity index (χ1) is 8.49. The molecule has 18 heavy (non-hydrogen) atoms. The largest absolute Gasteiger partial charge is 0.398 e. The molecule has 0 saturated carbocycles. The van der Waals surface area contributed by atoms with E-state index >= 15 is 0 Å². The molecule has 0 radical (unpaired) electrons. The first-order valence-electron chi connectivity index (χ1n) is 5.82. The van der Waals surface area contributed by atoms with E-state index in [1.165, 1.54) is 0 Å². The van der Waals surface area contributed by atoms with E-state index in [4.69, 9.17) is 5.73 Å². The Morgan fingerprint density at radius 1 is 1.33 bits per heavy atom. The van der Waals surface area contributed by atoms with Gasteiger partial charge >= 0.3 is 0 Å². The number of rotatable bonds is 7. The van der Waals surface area contributed by atoms with Crippen molar-refractivity contribution >= 4 is 27.5 Å². The summed E-state index contributed by atoms with van der Waals surface area (Å²) in [5.74, 6) is 1.05. The van der Waals surface area contributed by atoms with Gasteiger partial charge in [0.1, 0.15) is 0 Å². The fourth-order valence-corrected chi connectivity index (χ4v) is 3.42. The van der Waals surface area contributed by atoms with Crippen molar-refractivity contribution in [1.82, 2.24) is 4.72 Å². The van der Waals surface area contributed by atoms with Crippen LogP contribution in [0.15, 0.2) is 23.1 Å². The lowest BCUT2D eigenvalue weighted by atomic mass is 10.2. The summed E-state index contributed by atoms with van der Waals surface area (Å²) in [5.41, 5.74) is 6.82. The molecule has 0 atom stereocenters. The zero-order valence-electron chi connectivity index (χ0n) is 10.8. The highest BCUT2D eigenvalue weighted by atomic mass is 32.2. The van der Waals surface area contributed by atoms with Crippen LogP contribution >= 0.6 is 11.8 Å². The number of nitrogens with two attached hydrogens (primary N) is 1. The van der Waals surface area contributed by atoms with Gasteiger partial charge in [0.2, 0.25) is 10.0 Å². The molecule has 1 rings (SSSR count). The number of benzene rings is 1. The monoisotopic (exact) mass is 288 g/mol. The van der Waals surface area contributed by atoms with Crippen molar-refractivity contribution < 1.29 is 8.42 Å². The van der Waals surface area contributed by atoms with E-state index in [1.54, 1.807) is 36.9 Å². The van der Waals surface area contributed by atoms with Crippen LogP contribution in [0.5, 0.6) is 0 Å². The highest BCUT2D eigenvalue weighted by Gasteiger charge is 2.16. The van der Waals surface area contributed by atoms with Crippen LogP contribution in [0.2, 0.25) is 0 Å². The van der Waals surface area contributed by atoms with Gasteiger partial charge in [-0.25, -0.2) is 13.1 Å². The van der Waals surface area contributed by atoms with Crippen molar-refractivity contribution in [3.63, 3.8) is 0 Å². The van der Waals surface area contributed by atoms with Crippen molar-refractivity contribution in [3.8, 4) is 0 Å². The fraction of sp³-hybridized carbons (Fsp3) is 0.500. The predicted octanol–water partition coefficient (Wildman–Crippen LogP) is 2.00. The summed E-state index contributed by atoms with van der Waals surface area (Å²) >= 11 is 1.77. The van der Waals surface area contributed by atoms with Crippen LogP contribution in [0, 0.1) is 6.92 Å². The summed E-state index contributed by atoms with van der Waals surface area (Å²) in [6.07, 6.45) is 3.90. The molecule has 0 aliphatic rings. The Labute approximate surface area is 113 Å². The topological polar surface area (TPSA) is 72.2 Å². The third-order valence-corrected chi connectivity index (χ3v) is 4.99. The molecule has 102 valence electrons. The molecule has 0 saturated heterocycles. The molecule has 0 spiro atoms. The fourth-order valence-electron chi connectivity index (χ4n) is 1.58. The summed E-state index contributed by atoms with van der Waals surface area (Å²) in [7, 11) is -3.44. The van der Waals surface area contributed by atoms with Crippen molar-refractivity contribution in [2.45, 2.75) is 24.7 Å². The van der Waals surface area contributed by atoms with E-state index in [9.17, 15) is 8.42 Å². The van der Waals surface area contributed by atoms with Crippen molar-refractivity contribution in [2.24, 2.45) is 0 Å². The summed E-state index contributed by atoms with van der Waals surface area (Å²) in [6, 6.07) is 4.94. The highest BCUT2D eigenvalue weighted by Crippen LogP contribution is 2.20. The molecule has 0 aliphatic carbocycles. The minimum atomic E-state index is -3.44. The highest BCUT2D eigenvalue weighted by molar-refractivity contribution is 7.98. The number of hydrogen-bond acceptors (Lipinski definition) is 4. The zero-order valence-corrected chi connectivity index (χ0v) is 12.4. The van der Waals surface area contributed by atoms with Crippen LogP contribution in [0.25, 0.3) is 0 Å². The molecule has 0 aromatic heterocycles. The molecule has 3 N–H and O–H groups in total. The lowest BCUT2D eigenvalue weighted by Crippen LogP contribution is -2.25. The zero-order chi connectivity index (χ0) is 13.6. The van der Waals surface area contributed by atoms with E-state index in [0.717, 1.165) is 18.6 Å². The molecule has 0 fully saturated rings. The van der Waals surface area contributed by atoms with E-state index < -0.39 is 10.0 Å². The second-order valence-corrected chi connectivity index (χ2v) is 6.79. The van der Waals surface area contributed by atoms with Crippen LogP contribution in [0.3, 0.4) is 0 Å². The van der Waals surface area contributed by atoms with Crippen LogP contribution in [-0.4, -0.2) is 27.0 Å². The van der Waals surface area contributed by atoms with Gasteiger partial charge in [-0.05, 0) is 49.5 Å². The maximum Gasteiger partial charge on any atom is 0.240 e. The Balaban J connectivity index is 2.66. The maximum atomic E-state index is 12.1. The first-order valence-corrected chi connectivity index (χ1v) is 8.70. The Morgan fingerprint density at radius 3 is 2.72 bits per heavy atom. The smallest absolute Gasteiger partial charge is 0.240 e. The van der Waals surface area contributed by atoms with Gasteiger partial charge in [0, 0.05) is 12.2 Å². The Kier molecular flexibility index (Phi) is 5.98. The number of nitrogen functional groups attached to an aromatic ring is 1. The number of thioether (sulfide) groups is 1. The summed E-state index contributed by atoms with van der Waals surface area (Å²) in [5, 5.41) is 0. The molecule has 0 unspecified atom stereocenters. The van der Waals surface area contributed by atoms with Gasteiger partial charge in [0.15, 0.2) is 0 Å². The third kappa shape index (κ3) is 4.19.